The zero-order valence-electron chi connectivity index (χ0n) is 16.0. The number of aromatic nitrogens is 1. The summed E-state index contributed by atoms with van der Waals surface area (Å²) in [6.45, 7) is 2.30. The van der Waals surface area contributed by atoms with Crippen molar-refractivity contribution in [3.8, 4) is 11.3 Å². The van der Waals surface area contributed by atoms with Gasteiger partial charge in [-0.15, -0.1) is 11.3 Å². The first-order chi connectivity index (χ1) is 14.4. The van der Waals surface area contributed by atoms with Crippen molar-refractivity contribution in [2.45, 2.75) is 11.4 Å². The van der Waals surface area contributed by atoms with Gasteiger partial charge in [-0.3, -0.25) is 15.0 Å². The number of nitro benzene ring substituents is 1. The number of nitrogens with zero attached hydrogens (tertiary/aromatic N) is 4. The van der Waals surface area contributed by atoms with Crippen molar-refractivity contribution in [1.82, 2.24) is 14.2 Å². The SMILES string of the molecule is O=[N+]([O-])c1ccccc1S(=O)(=O)N1CCN(Cc2nc(-c3ccccc3)cs2)CC1. The van der Waals surface area contributed by atoms with Crippen LogP contribution in [0.3, 0.4) is 0 Å². The zero-order valence-corrected chi connectivity index (χ0v) is 17.7. The zero-order chi connectivity index (χ0) is 21.1. The Hall–Kier alpha value is -2.66. The summed E-state index contributed by atoms with van der Waals surface area (Å²) in [5.41, 5.74) is 1.62. The monoisotopic (exact) mass is 444 g/mol. The molecule has 0 unspecified atom stereocenters. The van der Waals surface area contributed by atoms with Gasteiger partial charge in [-0.1, -0.05) is 42.5 Å². The molecule has 4 rings (SSSR count). The number of rotatable bonds is 6. The third-order valence-electron chi connectivity index (χ3n) is 4.99. The van der Waals surface area contributed by atoms with Crippen molar-refractivity contribution in [3.63, 3.8) is 0 Å². The summed E-state index contributed by atoms with van der Waals surface area (Å²) in [6, 6.07) is 15.4. The third-order valence-corrected chi connectivity index (χ3v) is 7.77. The Bertz CT molecular complexity index is 1140. The summed E-state index contributed by atoms with van der Waals surface area (Å²) in [5, 5.41) is 14.2. The second kappa shape index (κ2) is 8.60. The van der Waals surface area contributed by atoms with Gasteiger partial charge >= 0.3 is 0 Å². The highest BCUT2D eigenvalue weighted by Gasteiger charge is 2.33. The molecule has 0 N–H and O–H groups in total. The first-order valence-corrected chi connectivity index (χ1v) is 11.7. The molecule has 0 atom stereocenters. The molecular weight excluding hydrogens is 424 g/mol. The fraction of sp³-hybridized carbons (Fsp3) is 0.250. The standard InChI is InChI=1S/C20H20N4O4S2/c25-24(26)18-8-4-5-9-19(18)30(27,28)23-12-10-22(11-13-23)14-20-21-17(15-29-20)16-6-2-1-3-7-16/h1-9,15H,10-14H2. The van der Waals surface area contributed by atoms with Crippen molar-refractivity contribution in [2.24, 2.45) is 0 Å². The number of thiazole rings is 1. The maximum absolute atomic E-state index is 12.9. The average Bonchev–Trinajstić information content (AvgIpc) is 3.23. The van der Waals surface area contributed by atoms with Crippen LogP contribution in [0.4, 0.5) is 5.69 Å². The van der Waals surface area contributed by atoms with Crippen LogP contribution in [-0.4, -0.2) is 53.7 Å². The lowest BCUT2D eigenvalue weighted by atomic mass is 10.2. The lowest BCUT2D eigenvalue weighted by Gasteiger charge is -2.33. The fourth-order valence-electron chi connectivity index (χ4n) is 3.41. The van der Waals surface area contributed by atoms with Crippen LogP contribution in [0.5, 0.6) is 0 Å². The largest absolute Gasteiger partial charge is 0.294 e. The minimum absolute atomic E-state index is 0.254. The minimum atomic E-state index is -3.91. The van der Waals surface area contributed by atoms with Crippen molar-refractivity contribution in [2.75, 3.05) is 26.2 Å². The van der Waals surface area contributed by atoms with Gasteiger partial charge in [-0.25, -0.2) is 13.4 Å². The summed E-state index contributed by atoms with van der Waals surface area (Å²) in [6.07, 6.45) is 0. The summed E-state index contributed by atoms with van der Waals surface area (Å²) in [5.74, 6) is 0. The molecule has 2 aromatic carbocycles. The number of benzene rings is 2. The van der Waals surface area contributed by atoms with E-state index in [2.05, 4.69) is 4.90 Å². The molecule has 0 aliphatic carbocycles. The Labute approximate surface area is 178 Å². The van der Waals surface area contributed by atoms with Crippen molar-refractivity contribution in [1.29, 1.82) is 0 Å². The molecule has 3 aromatic rings. The van der Waals surface area contributed by atoms with E-state index in [1.54, 1.807) is 11.3 Å². The quantitative estimate of drug-likeness (QED) is 0.428. The molecule has 0 radical (unpaired) electrons. The topological polar surface area (TPSA) is 96.6 Å². The molecule has 1 aromatic heterocycles. The normalized spacial score (nSPS) is 15.9. The smallest absolute Gasteiger partial charge is 0.289 e. The Balaban J connectivity index is 1.41. The molecule has 8 nitrogen and oxygen atoms in total. The lowest BCUT2D eigenvalue weighted by molar-refractivity contribution is -0.387. The highest BCUT2D eigenvalue weighted by Crippen LogP contribution is 2.27. The maximum atomic E-state index is 12.9. The molecule has 10 heteroatoms. The Morgan fingerprint density at radius 3 is 2.37 bits per heavy atom. The van der Waals surface area contributed by atoms with Crippen LogP contribution in [0.1, 0.15) is 5.01 Å². The third kappa shape index (κ3) is 4.26. The second-order valence-corrected chi connectivity index (χ2v) is 9.75. The number of sulfonamides is 1. The molecule has 0 amide bonds. The molecule has 0 saturated carbocycles. The van der Waals surface area contributed by atoms with E-state index in [4.69, 9.17) is 4.98 Å². The van der Waals surface area contributed by atoms with E-state index in [9.17, 15) is 18.5 Å². The maximum Gasteiger partial charge on any atom is 0.289 e. The summed E-state index contributed by atoms with van der Waals surface area (Å²) < 4.78 is 27.2. The van der Waals surface area contributed by atoms with Crippen LogP contribution in [-0.2, 0) is 16.6 Å². The van der Waals surface area contributed by atoms with Crippen LogP contribution < -0.4 is 0 Å². The second-order valence-electron chi connectivity index (χ2n) is 6.90. The number of hydrogen-bond acceptors (Lipinski definition) is 7. The van der Waals surface area contributed by atoms with Gasteiger partial charge in [0.05, 0.1) is 17.2 Å². The van der Waals surface area contributed by atoms with E-state index in [1.807, 2.05) is 35.7 Å². The van der Waals surface area contributed by atoms with E-state index in [1.165, 1.54) is 28.6 Å². The van der Waals surface area contributed by atoms with Crippen LogP contribution >= 0.6 is 11.3 Å². The van der Waals surface area contributed by atoms with E-state index in [-0.39, 0.29) is 18.0 Å². The van der Waals surface area contributed by atoms with Crippen molar-refractivity contribution >= 4 is 27.0 Å². The fourth-order valence-corrected chi connectivity index (χ4v) is 5.83. The van der Waals surface area contributed by atoms with Gasteiger partial charge < -0.3 is 0 Å². The molecule has 30 heavy (non-hydrogen) atoms. The lowest BCUT2D eigenvalue weighted by Crippen LogP contribution is -2.48. The predicted molar refractivity (Wildman–Crippen MR) is 115 cm³/mol. The summed E-state index contributed by atoms with van der Waals surface area (Å²) >= 11 is 1.59. The number of nitro groups is 1. The van der Waals surface area contributed by atoms with Crippen molar-refractivity contribution < 1.29 is 13.3 Å². The van der Waals surface area contributed by atoms with Gasteiger partial charge in [0.2, 0.25) is 10.0 Å². The summed E-state index contributed by atoms with van der Waals surface area (Å²) in [4.78, 5) is 17.2. The molecule has 2 heterocycles. The van der Waals surface area contributed by atoms with E-state index < -0.39 is 20.6 Å². The van der Waals surface area contributed by atoms with Gasteiger partial charge in [-0.05, 0) is 6.07 Å². The van der Waals surface area contributed by atoms with Crippen LogP contribution in [0.25, 0.3) is 11.3 Å². The van der Waals surface area contributed by atoms with Gasteiger partial charge in [0.25, 0.3) is 5.69 Å². The van der Waals surface area contributed by atoms with Crippen LogP contribution in [0.15, 0.2) is 64.9 Å². The summed E-state index contributed by atoms with van der Waals surface area (Å²) in [7, 11) is -3.91. The molecule has 0 bridgehead atoms. The Kier molecular flexibility index (Phi) is 5.91. The number of hydrogen-bond donors (Lipinski definition) is 0. The molecule has 1 fully saturated rings. The van der Waals surface area contributed by atoms with E-state index in [0.717, 1.165) is 16.3 Å². The van der Waals surface area contributed by atoms with Crippen molar-refractivity contribution in [3.05, 3.63) is 75.1 Å². The molecule has 1 aliphatic heterocycles. The average molecular weight is 445 g/mol. The van der Waals surface area contributed by atoms with E-state index in [0.29, 0.717) is 19.6 Å². The Morgan fingerprint density at radius 1 is 1.00 bits per heavy atom. The Morgan fingerprint density at radius 2 is 1.67 bits per heavy atom. The minimum Gasteiger partial charge on any atom is -0.294 e. The molecule has 156 valence electrons. The molecule has 1 saturated heterocycles. The van der Waals surface area contributed by atoms with Crippen LogP contribution in [0, 0.1) is 10.1 Å². The van der Waals surface area contributed by atoms with Gasteiger partial charge in [0, 0.05) is 43.2 Å². The van der Waals surface area contributed by atoms with Crippen LogP contribution in [0.2, 0.25) is 0 Å². The highest BCUT2D eigenvalue weighted by molar-refractivity contribution is 7.89. The van der Waals surface area contributed by atoms with E-state index >= 15 is 0 Å². The predicted octanol–water partition coefficient (Wildman–Crippen LogP) is 3.22. The number of para-hydroxylation sites is 1. The highest BCUT2D eigenvalue weighted by atomic mass is 32.2. The first kappa shape index (κ1) is 20.6. The number of piperazine rings is 1. The van der Waals surface area contributed by atoms with Gasteiger partial charge in [-0.2, -0.15) is 4.31 Å². The molecular formula is C20H20N4O4S2. The van der Waals surface area contributed by atoms with Gasteiger partial charge in [0.1, 0.15) is 5.01 Å². The first-order valence-electron chi connectivity index (χ1n) is 9.41. The van der Waals surface area contributed by atoms with Gasteiger partial charge in [0.15, 0.2) is 4.90 Å². The molecule has 0 spiro atoms. The molecule has 1 aliphatic rings.